The summed E-state index contributed by atoms with van der Waals surface area (Å²) in [5.41, 5.74) is 2.34. The molecule has 0 atom stereocenters. The first-order valence-electron chi connectivity index (χ1n) is 9.92. The van der Waals surface area contributed by atoms with Gasteiger partial charge in [0.1, 0.15) is 5.75 Å². The van der Waals surface area contributed by atoms with Crippen LogP contribution >= 0.6 is 0 Å². The van der Waals surface area contributed by atoms with Crippen LogP contribution < -0.4 is 4.74 Å². The topological polar surface area (TPSA) is 66.9 Å². The van der Waals surface area contributed by atoms with Gasteiger partial charge in [-0.2, -0.15) is 0 Å². The lowest BCUT2D eigenvalue weighted by molar-refractivity contribution is -0.133. The third kappa shape index (κ3) is 4.16. The fraction of sp³-hybridized carbons (Fsp3) is 0.348. The molecule has 0 unspecified atom stereocenters. The van der Waals surface area contributed by atoms with E-state index in [9.17, 15) is 14.4 Å². The number of carbonyl (C=O) groups excluding carboxylic acids is 3. The van der Waals surface area contributed by atoms with Crippen molar-refractivity contribution in [2.24, 2.45) is 0 Å². The van der Waals surface area contributed by atoms with Gasteiger partial charge < -0.3 is 9.64 Å². The quantitative estimate of drug-likeness (QED) is 0.680. The summed E-state index contributed by atoms with van der Waals surface area (Å²) in [6, 6.07) is 15.1. The molecule has 150 valence electrons. The molecule has 0 aromatic heterocycles. The molecule has 1 heterocycles. The number of amides is 3. The summed E-state index contributed by atoms with van der Waals surface area (Å²) >= 11 is 0. The van der Waals surface area contributed by atoms with Crippen LogP contribution in [-0.2, 0) is 22.6 Å². The molecule has 2 aliphatic rings. The van der Waals surface area contributed by atoms with Crippen LogP contribution in [0.15, 0.2) is 48.5 Å². The van der Waals surface area contributed by atoms with Gasteiger partial charge in [0.25, 0.3) is 5.91 Å². The molecule has 0 spiro atoms. The Kier molecular flexibility index (Phi) is 5.34. The van der Waals surface area contributed by atoms with Crippen LogP contribution in [0.2, 0.25) is 0 Å². The highest BCUT2D eigenvalue weighted by Gasteiger charge is 2.34. The highest BCUT2D eigenvalue weighted by atomic mass is 16.5. The Bertz CT molecular complexity index is 934. The number of fused-ring (bicyclic) bond motifs is 1. The molecular weight excluding hydrogens is 368 g/mol. The van der Waals surface area contributed by atoms with Crippen molar-refractivity contribution in [2.45, 2.75) is 38.3 Å². The van der Waals surface area contributed by atoms with Gasteiger partial charge in [-0.15, -0.1) is 0 Å². The Morgan fingerprint density at radius 1 is 1.10 bits per heavy atom. The van der Waals surface area contributed by atoms with Crippen LogP contribution in [0, 0.1) is 0 Å². The summed E-state index contributed by atoms with van der Waals surface area (Å²) in [4.78, 5) is 41.1. The Balaban J connectivity index is 1.41. The third-order valence-electron chi connectivity index (χ3n) is 5.50. The van der Waals surface area contributed by atoms with E-state index in [0.717, 1.165) is 29.7 Å². The molecule has 3 amide bonds. The largest absolute Gasteiger partial charge is 0.497 e. The summed E-state index contributed by atoms with van der Waals surface area (Å²) in [7, 11) is 1.62. The maximum Gasteiger partial charge on any atom is 0.260 e. The smallest absolute Gasteiger partial charge is 0.260 e. The summed E-state index contributed by atoms with van der Waals surface area (Å²) in [6.07, 6.45) is 2.34. The van der Waals surface area contributed by atoms with Gasteiger partial charge in [-0.05, 0) is 42.2 Å². The molecule has 1 aliphatic carbocycles. The predicted molar refractivity (Wildman–Crippen MR) is 107 cm³/mol. The highest BCUT2D eigenvalue weighted by molar-refractivity contribution is 6.09. The molecule has 29 heavy (non-hydrogen) atoms. The van der Waals surface area contributed by atoms with Crippen LogP contribution in [-0.4, -0.2) is 47.2 Å². The maximum atomic E-state index is 12.9. The van der Waals surface area contributed by atoms with Crippen molar-refractivity contribution in [3.8, 4) is 5.75 Å². The Hall–Kier alpha value is -3.15. The first-order chi connectivity index (χ1) is 14.1. The number of rotatable bonds is 7. The Morgan fingerprint density at radius 3 is 2.52 bits per heavy atom. The number of methoxy groups -OCH3 is 1. The van der Waals surface area contributed by atoms with Crippen LogP contribution in [0.4, 0.5) is 0 Å². The summed E-state index contributed by atoms with van der Waals surface area (Å²) < 4.78 is 5.18. The van der Waals surface area contributed by atoms with Crippen molar-refractivity contribution >= 4 is 17.7 Å². The van der Waals surface area contributed by atoms with Crippen molar-refractivity contribution in [1.29, 1.82) is 0 Å². The summed E-state index contributed by atoms with van der Waals surface area (Å²) in [5, 5.41) is 0. The number of benzene rings is 2. The van der Waals surface area contributed by atoms with E-state index in [1.54, 1.807) is 25.3 Å². The molecule has 1 saturated carbocycles. The van der Waals surface area contributed by atoms with Gasteiger partial charge in [-0.1, -0.05) is 30.3 Å². The molecule has 6 heteroatoms. The molecule has 1 fully saturated rings. The average molecular weight is 392 g/mol. The van der Waals surface area contributed by atoms with Crippen molar-refractivity contribution < 1.29 is 19.1 Å². The lowest BCUT2D eigenvalue weighted by atomic mass is 9.98. The van der Waals surface area contributed by atoms with E-state index in [2.05, 4.69) is 0 Å². The first kappa shape index (κ1) is 19.2. The number of imide groups is 1. The fourth-order valence-corrected chi connectivity index (χ4v) is 3.71. The number of carbonyl (C=O) groups is 3. The summed E-state index contributed by atoms with van der Waals surface area (Å²) in [6.45, 7) is 0.648. The maximum absolute atomic E-state index is 12.9. The van der Waals surface area contributed by atoms with Crippen molar-refractivity contribution in [1.82, 2.24) is 9.80 Å². The van der Waals surface area contributed by atoms with Crippen LogP contribution in [0.5, 0.6) is 5.75 Å². The zero-order valence-electron chi connectivity index (χ0n) is 16.5. The number of nitrogens with zero attached hydrogens (tertiary/aromatic N) is 2. The van der Waals surface area contributed by atoms with Crippen LogP contribution in [0.3, 0.4) is 0 Å². The van der Waals surface area contributed by atoms with E-state index < -0.39 is 0 Å². The number of hydrogen-bond acceptors (Lipinski definition) is 4. The lowest BCUT2D eigenvalue weighted by Gasteiger charge is -2.28. The van der Waals surface area contributed by atoms with Crippen LogP contribution in [0.25, 0.3) is 0 Å². The minimum Gasteiger partial charge on any atom is -0.497 e. The average Bonchev–Trinajstić information content (AvgIpc) is 3.57. The van der Waals surface area contributed by atoms with Gasteiger partial charge in [0, 0.05) is 31.1 Å². The zero-order chi connectivity index (χ0) is 20.4. The Labute approximate surface area is 170 Å². The molecule has 0 radical (unpaired) electrons. The molecule has 0 bridgehead atoms. The highest BCUT2D eigenvalue weighted by Crippen LogP contribution is 2.29. The second kappa shape index (κ2) is 8.07. The third-order valence-corrected chi connectivity index (χ3v) is 5.50. The van der Waals surface area contributed by atoms with Gasteiger partial charge in [0.2, 0.25) is 11.8 Å². The molecule has 0 N–H and O–H groups in total. The van der Waals surface area contributed by atoms with Gasteiger partial charge in [0.05, 0.1) is 13.5 Å². The van der Waals surface area contributed by atoms with Crippen molar-refractivity contribution in [3.63, 3.8) is 0 Å². The molecular formula is C23H24N2O4. The Morgan fingerprint density at radius 2 is 1.83 bits per heavy atom. The van der Waals surface area contributed by atoms with E-state index in [1.165, 1.54) is 4.90 Å². The van der Waals surface area contributed by atoms with E-state index in [-0.39, 0.29) is 43.1 Å². The summed E-state index contributed by atoms with van der Waals surface area (Å²) in [5.74, 6) is 0.204. The number of hydrogen-bond donors (Lipinski definition) is 0. The van der Waals surface area contributed by atoms with E-state index in [4.69, 9.17) is 4.74 Å². The predicted octanol–water partition coefficient (Wildman–Crippen LogP) is 2.80. The molecule has 6 nitrogen and oxygen atoms in total. The molecule has 4 rings (SSSR count). The van der Waals surface area contributed by atoms with Gasteiger partial charge in [0.15, 0.2) is 0 Å². The van der Waals surface area contributed by atoms with E-state index >= 15 is 0 Å². The SMILES string of the molecule is COc1ccc(CN(C(=O)CCN2C(=O)Cc3ccccc3C2=O)C2CC2)cc1. The van der Waals surface area contributed by atoms with E-state index in [1.807, 2.05) is 35.2 Å². The molecule has 1 aliphatic heterocycles. The first-order valence-corrected chi connectivity index (χ1v) is 9.92. The standard InChI is InChI=1S/C23H24N2O4/c1-29-19-10-6-16(7-11-19)15-25(18-8-9-18)21(26)12-13-24-22(27)14-17-4-2-3-5-20(17)23(24)28/h2-7,10-11,18H,8-9,12-15H2,1H3. The second-order valence-electron chi connectivity index (χ2n) is 7.54. The zero-order valence-corrected chi connectivity index (χ0v) is 16.5. The second-order valence-corrected chi connectivity index (χ2v) is 7.54. The lowest BCUT2D eigenvalue weighted by Crippen LogP contribution is -2.44. The number of ether oxygens (including phenoxy) is 1. The van der Waals surface area contributed by atoms with Crippen molar-refractivity contribution in [3.05, 3.63) is 65.2 Å². The van der Waals surface area contributed by atoms with Crippen molar-refractivity contribution in [2.75, 3.05) is 13.7 Å². The van der Waals surface area contributed by atoms with Gasteiger partial charge in [-0.25, -0.2) is 0 Å². The molecule has 2 aromatic rings. The normalized spacial score (nSPS) is 15.8. The van der Waals surface area contributed by atoms with Crippen LogP contribution in [0.1, 0.15) is 40.7 Å². The van der Waals surface area contributed by atoms with Gasteiger partial charge in [-0.3, -0.25) is 19.3 Å². The van der Waals surface area contributed by atoms with Gasteiger partial charge >= 0.3 is 0 Å². The van der Waals surface area contributed by atoms with E-state index in [0.29, 0.717) is 12.1 Å². The fourth-order valence-electron chi connectivity index (χ4n) is 3.71. The minimum absolute atomic E-state index is 0.0252. The monoisotopic (exact) mass is 392 g/mol. The molecule has 0 saturated heterocycles. The molecule has 2 aromatic carbocycles. The minimum atomic E-state index is -0.308.